The average Bonchev–Trinajstić information content (AvgIpc) is 2.29. The zero-order valence-electron chi connectivity index (χ0n) is 8.79. The number of allylic oxidation sites excluding steroid dienone is 2. The summed E-state index contributed by atoms with van der Waals surface area (Å²) in [5.41, 5.74) is 8.22. The van der Waals surface area contributed by atoms with Crippen LogP contribution in [0, 0.1) is 0 Å². The summed E-state index contributed by atoms with van der Waals surface area (Å²) in [5.74, 6) is 0. The number of rotatable bonds is 1. The lowest BCUT2D eigenvalue weighted by atomic mass is 9.98. The Morgan fingerprint density at radius 1 is 1.57 bits per heavy atom. The van der Waals surface area contributed by atoms with Crippen molar-refractivity contribution in [2.45, 2.75) is 38.7 Å². The smallest absolute Gasteiger partial charge is 0.0793 e. The maximum Gasteiger partial charge on any atom is 0.0793 e. The largest absolute Gasteiger partial charge is 0.399 e. The molecule has 0 radical (unpaired) electrons. The molecule has 0 heterocycles. The number of hydrogen-bond donors (Lipinski definition) is 2. The standard InChI is InChI=1S/C12H19NO/c1-3-10-6-4-5-7-12(14)11(10)8-9(2)13/h3,8,12,14H,2,4-7,13H2,1H3/b10-3-,11-8+. The normalized spacial score (nSPS) is 29.1. The average molecular weight is 193 g/mol. The van der Waals surface area contributed by atoms with Gasteiger partial charge in [-0.2, -0.15) is 0 Å². The fourth-order valence-corrected chi connectivity index (χ4v) is 1.87. The van der Waals surface area contributed by atoms with E-state index in [4.69, 9.17) is 5.73 Å². The van der Waals surface area contributed by atoms with E-state index >= 15 is 0 Å². The van der Waals surface area contributed by atoms with Gasteiger partial charge in [-0.15, -0.1) is 0 Å². The van der Waals surface area contributed by atoms with Crippen molar-refractivity contribution in [3.63, 3.8) is 0 Å². The van der Waals surface area contributed by atoms with Crippen LogP contribution < -0.4 is 5.73 Å². The van der Waals surface area contributed by atoms with Gasteiger partial charge in [0.1, 0.15) is 0 Å². The quantitative estimate of drug-likeness (QED) is 0.627. The molecule has 0 aliphatic heterocycles. The van der Waals surface area contributed by atoms with Gasteiger partial charge in [-0.3, -0.25) is 0 Å². The number of aliphatic hydroxyl groups is 1. The second kappa shape index (κ2) is 5.01. The predicted octanol–water partition coefficient (Wildman–Crippen LogP) is 2.27. The van der Waals surface area contributed by atoms with Crippen LogP contribution in [-0.4, -0.2) is 11.2 Å². The van der Waals surface area contributed by atoms with Crippen molar-refractivity contribution in [2.24, 2.45) is 5.73 Å². The first-order valence-corrected chi connectivity index (χ1v) is 5.14. The fourth-order valence-electron chi connectivity index (χ4n) is 1.87. The summed E-state index contributed by atoms with van der Waals surface area (Å²) >= 11 is 0. The van der Waals surface area contributed by atoms with Gasteiger partial charge in [0.05, 0.1) is 6.10 Å². The molecule has 2 nitrogen and oxygen atoms in total. The molecule has 1 aliphatic rings. The van der Waals surface area contributed by atoms with Crippen LogP contribution in [0.1, 0.15) is 32.6 Å². The lowest BCUT2D eigenvalue weighted by Gasteiger charge is -2.13. The fraction of sp³-hybridized carbons (Fsp3) is 0.500. The molecule has 0 aromatic rings. The van der Waals surface area contributed by atoms with E-state index in [1.165, 1.54) is 5.57 Å². The van der Waals surface area contributed by atoms with Gasteiger partial charge < -0.3 is 10.8 Å². The second-order valence-electron chi connectivity index (χ2n) is 3.75. The molecule has 2 heteroatoms. The first-order valence-electron chi connectivity index (χ1n) is 5.14. The van der Waals surface area contributed by atoms with Crippen molar-refractivity contribution >= 4 is 0 Å². The van der Waals surface area contributed by atoms with E-state index in [0.717, 1.165) is 31.3 Å². The second-order valence-corrected chi connectivity index (χ2v) is 3.75. The number of nitrogens with two attached hydrogens (primary N) is 1. The number of hydrogen-bond acceptors (Lipinski definition) is 2. The highest BCUT2D eigenvalue weighted by Crippen LogP contribution is 2.28. The molecule has 1 rings (SSSR count). The van der Waals surface area contributed by atoms with Crippen LogP contribution in [0.15, 0.2) is 35.6 Å². The molecule has 1 atom stereocenters. The molecule has 0 saturated heterocycles. The molecule has 0 amide bonds. The third kappa shape index (κ3) is 2.74. The van der Waals surface area contributed by atoms with Crippen molar-refractivity contribution < 1.29 is 5.11 Å². The Balaban J connectivity index is 2.97. The summed E-state index contributed by atoms with van der Waals surface area (Å²) in [6, 6.07) is 0. The summed E-state index contributed by atoms with van der Waals surface area (Å²) in [7, 11) is 0. The first kappa shape index (κ1) is 11.1. The summed E-state index contributed by atoms with van der Waals surface area (Å²) in [4.78, 5) is 0. The summed E-state index contributed by atoms with van der Waals surface area (Å²) in [5, 5.41) is 9.89. The summed E-state index contributed by atoms with van der Waals surface area (Å²) < 4.78 is 0. The minimum absolute atomic E-state index is 0.371. The SMILES string of the molecule is C=C(N)/C=C1\C(=C/C)CCCCC1O. The predicted molar refractivity (Wildman–Crippen MR) is 59.6 cm³/mol. The van der Waals surface area contributed by atoms with E-state index in [9.17, 15) is 5.11 Å². The van der Waals surface area contributed by atoms with E-state index in [-0.39, 0.29) is 6.10 Å². The third-order valence-corrected chi connectivity index (χ3v) is 2.59. The molecule has 0 aromatic heterocycles. The molecule has 0 bridgehead atoms. The number of aliphatic hydroxyl groups excluding tert-OH is 1. The topological polar surface area (TPSA) is 46.2 Å². The zero-order valence-corrected chi connectivity index (χ0v) is 8.79. The van der Waals surface area contributed by atoms with E-state index in [0.29, 0.717) is 5.70 Å². The van der Waals surface area contributed by atoms with Gasteiger partial charge >= 0.3 is 0 Å². The van der Waals surface area contributed by atoms with Gasteiger partial charge in [-0.1, -0.05) is 19.1 Å². The molecule has 0 spiro atoms. The van der Waals surface area contributed by atoms with Crippen molar-refractivity contribution in [3.05, 3.63) is 35.6 Å². The Morgan fingerprint density at radius 3 is 2.86 bits per heavy atom. The lowest BCUT2D eigenvalue weighted by Crippen LogP contribution is -2.11. The Labute approximate surface area is 85.8 Å². The van der Waals surface area contributed by atoms with Gasteiger partial charge in [0.25, 0.3) is 0 Å². The third-order valence-electron chi connectivity index (χ3n) is 2.59. The van der Waals surface area contributed by atoms with Crippen molar-refractivity contribution in [2.75, 3.05) is 0 Å². The Bertz CT molecular complexity index is 276. The molecule has 0 aromatic carbocycles. The van der Waals surface area contributed by atoms with Crippen LogP contribution >= 0.6 is 0 Å². The zero-order chi connectivity index (χ0) is 10.6. The van der Waals surface area contributed by atoms with Crippen LogP contribution in [0.25, 0.3) is 0 Å². The molecule has 14 heavy (non-hydrogen) atoms. The Kier molecular flexibility index (Phi) is 3.96. The van der Waals surface area contributed by atoms with Gasteiger partial charge in [0.15, 0.2) is 0 Å². The van der Waals surface area contributed by atoms with Gasteiger partial charge in [-0.25, -0.2) is 0 Å². The van der Waals surface area contributed by atoms with Crippen LogP contribution in [0.2, 0.25) is 0 Å². The Hall–Kier alpha value is -1.02. The summed E-state index contributed by atoms with van der Waals surface area (Å²) in [6.07, 6.45) is 7.57. The lowest BCUT2D eigenvalue weighted by molar-refractivity contribution is 0.203. The molecule has 1 aliphatic carbocycles. The van der Waals surface area contributed by atoms with E-state index in [1.807, 2.05) is 6.92 Å². The van der Waals surface area contributed by atoms with E-state index in [2.05, 4.69) is 12.7 Å². The molecule has 3 N–H and O–H groups in total. The maximum absolute atomic E-state index is 9.89. The van der Waals surface area contributed by atoms with Gasteiger partial charge in [0, 0.05) is 5.70 Å². The molecule has 1 fully saturated rings. The van der Waals surface area contributed by atoms with Crippen LogP contribution in [0.4, 0.5) is 0 Å². The highest BCUT2D eigenvalue weighted by molar-refractivity contribution is 5.38. The van der Waals surface area contributed by atoms with E-state index < -0.39 is 0 Å². The van der Waals surface area contributed by atoms with Crippen LogP contribution in [0.5, 0.6) is 0 Å². The minimum Gasteiger partial charge on any atom is -0.399 e. The maximum atomic E-state index is 9.89. The summed E-state index contributed by atoms with van der Waals surface area (Å²) in [6.45, 7) is 5.65. The molecule has 78 valence electrons. The monoisotopic (exact) mass is 193 g/mol. The molecular weight excluding hydrogens is 174 g/mol. The van der Waals surface area contributed by atoms with E-state index in [1.54, 1.807) is 6.08 Å². The highest BCUT2D eigenvalue weighted by Gasteiger charge is 2.17. The Morgan fingerprint density at radius 2 is 2.29 bits per heavy atom. The molecule has 1 unspecified atom stereocenters. The van der Waals surface area contributed by atoms with Crippen molar-refractivity contribution in [3.8, 4) is 0 Å². The van der Waals surface area contributed by atoms with Crippen LogP contribution in [-0.2, 0) is 0 Å². The first-order chi connectivity index (χ1) is 6.65. The molecular formula is C12H19NO. The van der Waals surface area contributed by atoms with Gasteiger partial charge in [-0.05, 0) is 43.4 Å². The van der Waals surface area contributed by atoms with Crippen molar-refractivity contribution in [1.29, 1.82) is 0 Å². The highest BCUT2D eigenvalue weighted by atomic mass is 16.3. The minimum atomic E-state index is -0.371. The molecule has 1 saturated carbocycles. The van der Waals surface area contributed by atoms with Gasteiger partial charge in [0.2, 0.25) is 0 Å². The van der Waals surface area contributed by atoms with Crippen LogP contribution in [0.3, 0.4) is 0 Å². The van der Waals surface area contributed by atoms with Crippen molar-refractivity contribution in [1.82, 2.24) is 0 Å².